The highest BCUT2D eigenvalue weighted by Gasteiger charge is 2.20. The number of carbonyl (C=O) groups excluding carboxylic acids is 1. The van der Waals surface area contributed by atoms with Gasteiger partial charge in [0.2, 0.25) is 0 Å². The van der Waals surface area contributed by atoms with Gasteiger partial charge in [-0.25, -0.2) is 4.39 Å². The van der Waals surface area contributed by atoms with Gasteiger partial charge in [0.15, 0.2) is 0 Å². The van der Waals surface area contributed by atoms with E-state index in [4.69, 9.17) is 16.9 Å². The summed E-state index contributed by atoms with van der Waals surface area (Å²) in [5.74, 6) is -0.866. The molecule has 0 aliphatic heterocycles. The highest BCUT2D eigenvalue weighted by Crippen LogP contribution is 2.19. The van der Waals surface area contributed by atoms with Crippen molar-refractivity contribution in [3.8, 4) is 6.07 Å². The Kier molecular flexibility index (Phi) is 4.47. The zero-order chi connectivity index (χ0) is 13.0. The third-order valence-corrected chi connectivity index (χ3v) is 2.60. The average Bonchev–Trinajstić information content (AvgIpc) is 2.24. The Morgan fingerprint density at radius 3 is 2.71 bits per heavy atom. The Hall–Kier alpha value is -1.60. The predicted octanol–water partition coefficient (Wildman–Crippen LogP) is 2.85. The van der Waals surface area contributed by atoms with E-state index in [2.05, 4.69) is 0 Å². The van der Waals surface area contributed by atoms with Crippen LogP contribution in [0, 0.1) is 17.1 Å². The van der Waals surface area contributed by atoms with Gasteiger partial charge in [-0.1, -0.05) is 11.6 Å². The first kappa shape index (κ1) is 13.5. The fraction of sp³-hybridized carbons (Fsp3) is 0.333. The summed E-state index contributed by atoms with van der Waals surface area (Å²) < 4.78 is 12.9. The molecule has 0 aromatic heterocycles. The smallest absolute Gasteiger partial charge is 0.256 e. The van der Waals surface area contributed by atoms with Gasteiger partial charge < -0.3 is 4.90 Å². The molecule has 0 saturated heterocycles. The predicted molar refractivity (Wildman–Crippen MR) is 63.2 cm³/mol. The summed E-state index contributed by atoms with van der Waals surface area (Å²) in [5.41, 5.74) is 0.206. The minimum Gasteiger partial charge on any atom is -0.323 e. The van der Waals surface area contributed by atoms with Gasteiger partial charge in [0, 0.05) is 6.04 Å². The van der Waals surface area contributed by atoms with Gasteiger partial charge in [-0.15, -0.1) is 0 Å². The highest BCUT2D eigenvalue weighted by molar-refractivity contribution is 6.33. The number of halogens is 2. The fourth-order valence-electron chi connectivity index (χ4n) is 1.38. The van der Waals surface area contributed by atoms with Crippen molar-refractivity contribution in [1.82, 2.24) is 4.90 Å². The Bertz CT molecular complexity index is 468. The van der Waals surface area contributed by atoms with E-state index in [1.54, 1.807) is 13.8 Å². The summed E-state index contributed by atoms with van der Waals surface area (Å²) in [6, 6.07) is 5.38. The zero-order valence-electron chi connectivity index (χ0n) is 9.58. The van der Waals surface area contributed by atoms with Gasteiger partial charge in [-0.3, -0.25) is 4.79 Å². The molecule has 5 heteroatoms. The first-order chi connectivity index (χ1) is 7.97. The van der Waals surface area contributed by atoms with Gasteiger partial charge in [0.1, 0.15) is 12.4 Å². The van der Waals surface area contributed by atoms with E-state index in [9.17, 15) is 9.18 Å². The average molecular weight is 255 g/mol. The summed E-state index contributed by atoms with van der Waals surface area (Å²) in [6.45, 7) is 3.57. The van der Waals surface area contributed by atoms with Crippen molar-refractivity contribution in [1.29, 1.82) is 5.26 Å². The lowest BCUT2D eigenvalue weighted by molar-refractivity contribution is 0.0731. The number of benzene rings is 1. The summed E-state index contributed by atoms with van der Waals surface area (Å²) >= 11 is 5.80. The molecule has 0 fully saturated rings. The molecule has 90 valence electrons. The Labute approximate surface area is 104 Å². The van der Waals surface area contributed by atoms with E-state index in [1.807, 2.05) is 6.07 Å². The van der Waals surface area contributed by atoms with Crippen LogP contribution in [0.5, 0.6) is 0 Å². The van der Waals surface area contributed by atoms with Crippen LogP contribution in [-0.4, -0.2) is 23.4 Å². The number of nitriles is 1. The summed E-state index contributed by atoms with van der Waals surface area (Å²) in [4.78, 5) is 13.5. The molecule has 1 aromatic carbocycles. The number of nitrogens with zero attached hydrogens (tertiary/aromatic N) is 2. The highest BCUT2D eigenvalue weighted by atomic mass is 35.5. The first-order valence-electron chi connectivity index (χ1n) is 5.10. The van der Waals surface area contributed by atoms with Crippen LogP contribution in [0.3, 0.4) is 0 Å². The molecular formula is C12H12ClFN2O. The van der Waals surface area contributed by atoms with E-state index in [0.717, 1.165) is 6.07 Å². The molecule has 0 atom stereocenters. The lowest BCUT2D eigenvalue weighted by atomic mass is 10.1. The third kappa shape index (κ3) is 3.18. The molecule has 0 unspecified atom stereocenters. The number of rotatable bonds is 3. The lowest BCUT2D eigenvalue weighted by Crippen LogP contribution is -2.37. The number of hydrogen-bond donors (Lipinski definition) is 0. The minimum absolute atomic E-state index is 0.0236. The molecule has 0 aliphatic carbocycles. The van der Waals surface area contributed by atoms with Crippen molar-refractivity contribution in [2.45, 2.75) is 19.9 Å². The quantitative estimate of drug-likeness (QED) is 0.779. The van der Waals surface area contributed by atoms with Crippen LogP contribution in [0.4, 0.5) is 4.39 Å². The Morgan fingerprint density at radius 1 is 1.59 bits per heavy atom. The van der Waals surface area contributed by atoms with E-state index in [1.165, 1.54) is 17.0 Å². The van der Waals surface area contributed by atoms with E-state index in [0.29, 0.717) is 0 Å². The van der Waals surface area contributed by atoms with Crippen molar-refractivity contribution in [2.24, 2.45) is 0 Å². The topological polar surface area (TPSA) is 44.1 Å². The second-order valence-corrected chi connectivity index (χ2v) is 4.22. The second-order valence-electron chi connectivity index (χ2n) is 3.81. The zero-order valence-corrected chi connectivity index (χ0v) is 10.3. The van der Waals surface area contributed by atoms with Crippen molar-refractivity contribution in [2.75, 3.05) is 6.54 Å². The minimum atomic E-state index is -0.497. The molecule has 1 amide bonds. The molecule has 0 aliphatic rings. The lowest BCUT2D eigenvalue weighted by Gasteiger charge is -2.24. The van der Waals surface area contributed by atoms with E-state index in [-0.39, 0.29) is 29.1 Å². The summed E-state index contributed by atoms with van der Waals surface area (Å²) in [6.07, 6.45) is 0. The molecule has 0 radical (unpaired) electrons. The molecular weight excluding hydrogens is 243 g/mol. The van der Waals surface area contributed by atoms with E-state index < -0.39 is 5.82 Å². The van der Waals surface area contributed by atoms with Crippen LogP contribution in [0.1, 0.15) is 24.2 Å². The van der Waals surface area contributed by atoms with E-state index >= 15 is 0 Å². The number of carbonyl (C=O) groups is 1. The van der Waals surface area contributed by atoms with Gasteiger partial charge in [0.25, 0.3) is 5.91 Å². The van der Waals surface area contributed by atoms with Crippen molar-refractivity contribution in [3.63, 3.8) is 0 Å². The third-order valence-electron chi connectivity index (χ3n) is 2.29. The summed E-state index contributed by atoms with van der Waals surface area (Å²) in [5, 5.41) is 8.71. The molecule has 0 N–H and O–H groups in total. The van der Waals surface area contributed by atoms with Gasteiger partial charge in [-0.2, -0.15) is 5.26 Å². The van der Waals surface area contributed by atoms with Crippen LogP contribution in [0.15, 0.2) is 18.2 Å². The van der Waals surface area contributed by atoms with Gasteiger partial charge >= 0.3 is 0 Å². The molecule has 0 saturated carbocycles. The van der Waals surface area contributed by atoms with Crippen LogP contribution < -0.4 is 0 Å². The van der Waals surface area contributed by atoms with Gasteiger partial charge in [0.05, 0.1) is 16.7 Å². The van der Waals surface area contributed by atoms with Crippen LogP contribution in [0.2, 0.25) is 5.02 Å². The Morgan fingerprint density at radius 2 is 2.24 bits per heavy atom. The molecule has 0 bridgehead atoms. The molecule has 1 aromatic rings. The van der Waals surface area contributed by atoms with Crippen molar-refractivity contribution >= 4 is 17.5 Å². The van der Waals surface area contributed by atoms with Gasteiger partial charge in [-0.05, 0) is 32.0 Å². The monoisotopic (exact) mass is 254 g/mol. The van der Waals surface area contributed by atoms with Crippen molar-refractivity contribution < 1.29 is 9.18 Å². The summed E-state index contributed by atoms with van der Waals surface area (Å²) in [7, 11) is 0. The molecule has 17 heavy (non-hydrogen) atoms. The standard InChI is InChI=1S/C12H12ClFN2O/c1-8(2)16(6-5-15)12(17)10-4-3-9(14)7-11(10)13/h3-4,7-8H,6H2,1-2H3. The second kappa shape index (κ2) is 5.65. The SMILES string of the molecule is CC(C)N(CC#N)C(=O)c1ccc(F)cc1Cl. The maximum atomic E-state index is 12.9. The number of hydrogen-bond acceptors (Lipinski definition) is 2. The fourth-order valence-corrected chi connectivity index (χ4v) is 1.63. The Balaban J connectivity index is 3.06. The maximum Gasteiger partial charge on any atom is 0.256 e. The molecule has 0 heterocycles. The molecule has 3 nitrogen and oxygen atoms in total. The maximum absolute atomic E-state index is 12.9. The van der Waals surface area contributed by atoms with Crippen LogP contribution >= 0.6 is 11.6 Å². The molecule has 1 rings (SSSR count). The number of amides is 1. The normalized spacial score (nSPS) is 10.1. The first-order valence-corrected chi connectivity index (χ1v) is 5.48. The van der Waals surface area contributed by atoms with Crippen LogP contribution in [-0.2, 0) is 0 Å². The van der Waals surface area contributed by atoms with Crippen molar-refractivity contribution in [3.05, 3.63) is 34.6 Å². The molecule has 0 spiro atoms. The van der Waals surface area contributed by atoms with Crippen LogP contribution in [0.25, 0.3) is 0 Å². The largest absolute Gasteiger partial charge is 0.323 e.